The molecule has 18 heavy (non-hydrogen) atoms. The van der Waals surface area contributed by atoms with Gasteiger partial charge in [-0.2, -0.15) is 10.4 Å². The Hall–Kier alpha value is -2.03. The van der Waals surface area contributed by atoms with Crippen molar-refractivity contribution < 1.29 is 9.53 Å². The average molecular weight is 250 g/mol. The van der Waals surface area contributed by atoms with E-state index in [9.17, 15) is 4.79 Å². The number of esters is 1. The second-order valence-electron chi connectivity index (χ2n) is 3.93. The van der Waals surface area contributed by atoms with Crippen LogP contribution in [0.25, 0.3) is 0 Å². The fourth-order valence-corrected chi connectivity index (χ4v) is 1.88. The number of ether oxygens (including phenoxy) is 1. The minimum atomic E-state index is -0.258. The Balaban J connectivity index is 2.95. The summed E-state index contributed by atoms with van der Waals surface area (Å²) in [6.45, 7) is 4.98. The third-order valence-electron chi connectivity index (χ3n) is 2.80. The first-order valence-corrected chi connectivity index (χ1v) is 5.80. The van der Waals surface area contributed by atoms with Crippen LogP contribution in [0.5, 0.6) is 0 Å². The van der Waals surface area contributed by atoms with Gasteiger partial charge in [0.1, 0.15) is 17.5 Å². The summed E-state index contributed by atoms with van der Waals surface area (Å²) >= 11 is 0. The molecule has 0 atom stereocenters. The smallest absolute Gasteiger partial charge is 0.307 e. The van der Waals surface area contributed by atoms with Crippen molar-refractivity contribution in [3.05, 3.63) is 11.3 Å². The van der Waals surface area contributed by atoms with Crippen molar-refractivity contribution in [2.24, 2.45) is 7.05 Å². The number of carbonyl (C=O) groups excluding carboxylic acids is 1. The molecule has 6 nitrogen and oxygen atoms in total. The molecule has 0 spiro atoms. The molecule has 0 aliphatic rings. The van der Waals surface area contributed by atoms with Crippen molar-refractivity contribution in [1.82, 2.24) is 9.78 Å². The van der Waals surface area contributed by atoms with Gasteiger partial charge in [0.15, 0.2) is 0 Å². The SMILES string of the molecule is CCN(CCC(=O)OC)c1c(C#N)c(C)nn1C. The van der Waals surface area contributed by atoms with Crippen molar-refractivity contribution in [3.63, 3.8) is 0 Å². The van der Waals surface area contributed by atoms with Gasteiger partial charge in [0.05, 0.1) is 19.2 Å². The van der Waals surface area contributed by atoms with Crippen LogP contribution in [0.4, 0.5) is 5.82 Å². The molecule has 0 radical (unpaired) electrons. The number of nitriles is 1. The Kier molecular flexibility index (Phi) is 4.72. The molecule has 0 aliphatic heterocycles. The highest BCUT2D eigenvalue weighted by atomic mass is 16.5. The first-order chi connectivity index (χ1) is 8.54. The molecule has 98 valence electrons. The molecule has 0 aromatic carbocycles. The number of anilines is 1. The maximum absolute atomic E-state index is 11.2. The molecule has 0 N–H and O–H groups in total. The minimum Gasteiger partial charge on any atom is -0.469 e. The first-order valence-electron chi connectivity index (χ1n) is 5.80. The van der Waals surface area contributed by atoms with Gasteiger partial charge in [-0.25, -0.2) is 0 Å². The lowest BCUT2D eigenvalue weighted by atomic mass is 10.2. The molecular formula is C12H18N4O2. The van der Waals surface area contributed by atoms with E-state index in [1.165, 1.54) is 7.11 Å². The summed E-state index contributed by atoms with van der Waals surface area (Å²) in [7, 11) is 3.16. The highest BCUT2D eigenvalue weighted by Gasteiger charge is 2.18. The second-order valence-corrected chi connectivity index (χ2v) is 3.93. The summed E-state index contributed by atoms with van der Waals surface area (Å²) in [5.74, 6) is 0.493. The fourth-order valence-electron chi connectivity index (χ4n) is 1.88. The van der Waals surface area contributed by atoms with Crippen molar-refractivity contribution in [3.8, 4) is 6.07 Å². The van der Waals surface area contributed by atoms with Crippen LogP contribution in [-0.2, 0) is 16.6 Å². The molecule has 0 bridgehead atoms. The number of hydrogen-bond acceptors (Lipinski definition) is 5. The van der Waals surface area contributed by atoms with Gasteiger partial charge >= 0.3 is 5.97 Å². The van der Waals surface area contributed by atoms with E-state index in [0.29, 0.717) is 30.8 Å². The van der Waals surface area contributed by atoms with E-state index >= 15 is 0 Å². The lowest BCUT2D eigenvalue weighted by Crippen LogP contribution is -2.28. The second kappa shape index (κ2) is 6.05. The molecule has 0 aliphatic carbocycles. The number of aromatic nitrogens is 2. The normalized spacial score (nSPS) is 9.94. The quantitative estimate of drug-likeness (QED) is 0.729. The van der Waals surface area contributed by atoms with Crippen molar-refractivity contribution in [2.75, 3.05) is 25.1 Å². The largest absolute Gasteiger partial charge is 0.469 e. The minimum absolute atomic E-state index is 0.258. The van der Waals surface area contributed by atoms with Crippen LogP contribution in [0.1, 0.15) is 24.6 Å². The highest BCUT2D eigenvalue weighted by Crippen LogP contribution is 2.22. The van der Waals surface area contributed by atoms with Crippen LogP contribution >= 0.6 is 0 Å². The molecule has 0 fully saturated rings. The van der Waals surface area contributed by atoms with Crippen LogP contribution in [0, 0.1) is 18.3 Å². The van der Waals surface area contributed by atoms with Gasteiger partial charge in [-0.05, 0) is 13.8 Å². The van der Waals surface area contributed by atoms with E-state index in [1.807, 2.05) is 11.8 Å². The predicted octanol–water partition coefficient (Wildman–Crippen LogP) is 0.990. The van der Waals surface area contributed by atoms with Crippen LogP contribution in [0.3, 0.4) is 0 Å². The van der Waals surface area contributed by atoms with Gasteiger partial charge in [-0.1, -0.05) is 0 Å². The Morgan fingerprint density at radius 2 is 2.28 bits per heavy atom. The van der Waals surface area contributed by atoms with Gasteiger partial charge in [0, 0.05) is 20.1 Å². The van der Waals surface area contributed by atoms with Crippen molar-refractivity contribution >= 4 is 11.8 Å². The summed E-state index contributed by atoms with van der Waals surface area (Å²) < 4.78 is 6.30. The van der Waals surface area contributed by atoms with Gasteiger partial charge in [0.25, 0.3) is 0 Å². The van der Waals surface area contributed by atoms with E-state index in [0.717, 1.165) is 5.82 Å². The Morgan fingerprint density at radius 3 is 2.78 bits per heavy atom. The lowest BCUT2D eigenvalue weighted by Gasteiger charge is -2.22. The summed E-state index contributed by atoms with van der Waals surface area (Å²) in [4.78, 5) is 13.1. The zero-order valence-corrected chi connectivity index (χ0v) is 11.2. The zero-order valence-electron chi connectivity index (χ0n) is 11.2. The fraction of sp³-hybridized carbons (Fsp3) is 0.583. The molecule has 0 unspecified atom stereocenters. The van der Waals surface area contributed by atoms with Gasteiger partial charge in [-0.3, -0.25) is 9.48 Å². The van der Waals surface area contributed by atoms with Crippen LogP contribution in [-0.4, -0.2) is 35.9 Å². The van der Waals surface area contributed by atoms with E-state index in [4.69, 9.17) is 5.26 Å². The highest BCUT2D eigenvalue weighted by molar-refractivity contribution is 5.70. The van der Waals surface area contributed by atoms with Crippen LogP contribution in [0.2, 0.25) is 0 Å². The molecule has 0 saturated carbocycles. The van der Waals surface area contributed by atoms with E-state index in [2.05, 4.69) is 15.9 Å². The Labute approximate surface area is 107 Å². The maximum atomic E-state index is 11.2. The van der Waals surface area contributed by atoms with E-state index in [-0.39, 0.29) is 5.97 Å². The summed E-state index contributed by atoms with van der Waals surface area (Å²) in [5, 5.41) is 13.4. The van der Waals surface area contributed by atoms with Gasteiger partial charge < -0.3 is 9.64 Å². The van der Waals surface area contributed by atoms with Gasteiger partial charge in [0.2, 0.25) is 0 Å². The summed E-state index contributed by atoms with van der Waals surface area (Å²) in [6, 6.07) is 2.16. The van der Waals surface area contributed by atoms with Crippen LogP contribution < -0.4 is 4.90 Å². The van der Waals surface area contributed by atoms with Gasteiger partial charge in [-0.15, -0.1) is 0 Å². The average Bonchev–Trinajstić information content (AvgIpc) is 2.64. The molecule has 0 amide bonds. The Morgan fingerprint density at radius 1 is 1.61 bits per heavy atom. The topological polar surface area (TPSA) is 71.2 Å². The standard InChI is InChI=1S/C12H18N4O2/c1-5-16(7-6-11(17)18-4)12-10(8-13)9(2)14-15(12)3/h5-7H2,1-4H3. The molecule has 0 saturated heterocycles. The number of rotatable bonds is 5. The van der Waals surface area contributed by atoms with Crippen molar-refractivity contribution in [1.29, 1.82) is 5.26 Å². The third kappa shape index (κ3) is 2.80. The molecule has 6 heteroatoms. The molecule has 1 rings (SSSR count). The van der Waals surface area contributed by atoms with Crippen LogP contribution in [0.15, 0.2) is 0 Å². The third-order valence-corrected chi connectivity index (χ3v) is 2.80. The number of aryl methyl sites for hydroxylation is 2. The van der Waals surface area contributed by atoms with E-state index in [1.54, 1.807) is 18.7 Å². The number of carbonyl (C=O) groups is 1. The molecular weight excluding hydrogens is 232 g/mol. The first kappa shape index (κ1) is 14.0. The number of hydrogen-bond donors (Lipinski definition) is 0. The zero-order chi connectivity index (χ0) is 13.7. The number of methoxy groups -OCH3 is 1. The molecule has 1 aromatic heterocycles. The monoisotopic (exact) mass is 250 g/mol. The predicted molar refractivity (Wildman–Crippen MR) is 67.2 cm³/mol. The van der Waals surface area contributed by atoms with E-state index < -0.39 is 0 Å². The molecule has 1 aromatic rings. The summed E-state index contributed by atoms with van der Waals surface area (Å²) in [6.07, 6.45) is 0.291. The molecule has 1 heterocycles. The number of nitrogens with zero attached hydrogens (tertiary/aromatic N) is 4. The van der Waals surface area contributed by atoms with Crippen molar-refractivity contribution in [2.45, 2.75) is 20.3 Å². The Bertz CT molecular complexity index is 473. The summed E-state index contributed by atoms with van der Waals surface area (Å²) in [5.41, 5.74) is 1.26. The maximum Gasteiger partial charge on any atom is 0.307 e. The lowest BCUT2D eigenvalue weighted by molar-refractivity contribution is -0.140.